The van der Waals surface area contributed by atoms with E-state index < -0.39 is 11.6 Å². The number of aromatic nitrogens is 3. The van der Waals surface area contributed by atoms with Crippen molar-refractivity contribution < 1.29 is 24.2 Å². The molecule has 0 unspecified atom stereocenters. The first-order chi connectivity index (χ1) is 28.1. The molecule has 3 N–H and O–H groups in total. The van der Waals surface area contributed by atoms with Crippen LogP contribution in [-0.4, -0.2) is 93.3 Å². The zero-order valence-corrected chi connectivity index (χ0v) is 35.8. The van der Waals surface area contributed by atoms with Crippen LogP contribution in [0.3, 0.4) is 0 Å². The number of hydrogen-bond donors (Lipinski definition) is 2. The van der Waals surface area contributed by atoms with Crippen LogP contribution < -0.4 is 15.5 Å². The molecule has 12 nitrogen and oxygen atoms in total. The number of carboxylic acids is 1. The number of aryl methyl sites for hydroxylation is 3. The van der Waals surface area contributed by atoms with Crippen molar-refractivity contribution in [3.8, 4) is 16.9 Å². The lowest BCUT2D eigenvalue weighted by atomic mass is 9.98. The number of esters is 1. The number of fused-ring (bicyclic) bond motifs is 2. The summed E-state index contributed by atoms with van der Waals surface area (Å²) in [5, 5.41) is 22.3. The van der Waals surface area contributed by atoms with Crippen LogP contribution in [0.1, 0.15) is 65.0 Å². The number of aromatic carboxylic acids is 1. The van der Waals surface area contributed by atoms with Gasteiger partial charge in [0.1, 0.15) is 17.0 Å². The Morgan fingerprint density at radius 3 is 2.32 bits per heavy atom. The molecule has 13 heteroatoms. The van der Waals surface area contributed by atoms with Crippen molar-refractivity contribution in [2.24, 2.45) is 7.05 Å². The number of halogens is 1. The summed E-state index contributed by atoms with van der Waals surface area (Å²) in [6, 6.07) is 23.2. The highest BCUT2D eigenvalue weighted by Crippen LogP contribution is 2.42. The van der Waals surface area contributed by atoms with Gasteiger partial charge in [0.05, 0.1) is 39.8 Å². The number of hydrazine groups is 1. The van der Waals surface area contributed by atoms with Gasteiger partial charge in [-0.05, 0) is 82.7 Å². The molecular formula is C46H54ClN7O5. The number of carbonyl (C=O) groups is 2. The molecule has 310 valence electrons. The molecule has 0 saturated carbocycles. The van der Waals surface area contributed by atoms with E-state index in [4.69, 9.17) is 31.9 Å². The second kappa shape index (κ2) is 17.0. The minimum atomic E-state index is -1.02. The minimum Gasteiger partial charge on any atom is -0.493 e. The van der Waals surface area contributed by atoms with E-state index >= 15 is 0 Å². The molecule has 7 rings (SSSR count). The summed E-state index contributed by atoms with van der Waals surface area (Å²) in [5.74, 6) is -0.581. The van der Waals surface area contributed by atoms with Crippen LogP contribution in [0, 0.1) is 13.8 Å². The number of ether oxygens (including phenoxy) is 2. The summed E-state index contributed by atoms with van der Waals surface area (Å²) in [4.78, 5) is 29.0. The summed E-state index contributed by atoms with van der Waals surface area (Å²) >= 11 is 7.19. The summed E-state index contributed by atoms with van der Waals surface area (Å²) in [5.41, 5.74) is 12.5. The lowest BCUT2D eigenvalue weighted by Gasteiger charge is -2.41. The Morgan fingerprint density at radius 1 is 0.915 bits per heavy atom. The highest BCUT2D eigenvalue weighted by Gasteiger charge is 2.32. The number of nitrogens with zero attached hydrogens (tertiary/aromatic N) is 6. The number of nitrogen functional groups attached to an aromatic ring is 1. The normalized spacial score (nSPS) is 14.0. The van der Waals surface area contributed by atoms with Crippen LogP contribution in [-0.2, 0) is 24.8 Å². The maximum Gasteiger partial charge on any atom is 0.355 e. The molecule has 0 radical (unpaired) electrons. The van der Waals surface area contributed by atoms with Gasteiger partial charge < -0.3 is 29.9 Å². The van der Waals surface area contributed by atoms with Gasteiger partial charge in [0.15, 0.2) is 0 Å². The molecule has 3 heterocycles. The average Bonchev–Trinajstić information content (AvgIpc) is 3.65. The van der Waals surface area contributed by atoms with Gasteiger partial charge in [-0.1, -0.05) is 60.1 Å². The standard InChI is InChI=1S/C46H54ClN7O5/c1-29-39(30(2)50(6)49-29)40-36(47)21-20-34-33(17-12-28-58-38-19-10-14-31-13-8-9-15-32(31)38)43(45(57)59-46(3,4)5)54(42(34)40)27-24-52-22-25-53(26-23-52)51(7)41-35(44(55)56)16-11-18-37(41)48/h8-11,13-16,18-21H,12,17,22-28,48H2,1-7H3,(H,55,56). The van der Waals surface area contributed by atoms with Crippen molar-refractivity contribution in [3.63, 3.8) is 0 Å². The Morgan fingerprint density at radius 2 is 1.63 bits per heavy atom. The minimum absolute atomic E-state index is 0.161. The Balaban J connectivity index is 1.23. The predicted octanol–water partition coefficient (Wildman–Crippen LogP) is 8.38. The highest BCUT2D eigenvalue weighted by atomic mass is 35.5. The zero-order valence-electron chi connectivity index (χ0n) is 35.0. The van der Waals surface area contributed by atoms with Crippen LogP contribution in [0.2, 0.25) is 5.02 Å². The van der Waals surface area contributed by atoms with Crippen molar-refractivity contribution in [2.75, 3.05) is 57.1 Å². The van der Waals surface area contributed by atoms with E-state index in [1.54, 1.807) is 18.2 Å². The largest absolute Gasteiger partial charge is 0.493 e. The monoisotopic (exact) mass is 819 g/mol. The maximum atomic E-state index is 14.5. The SMILES string of the molecule is Cc1nn(C)c(C)c1-c1c(Cl)ccc2c(CCCOc3cccc4ccccc34)c(C(=O)OC(C)(C)C)n(CCN3CCN(N(C)c4c(N)cccc4C(=O)O)CC3)c12. The van der Waals surface area contributed by atoms with Gasteiger partial charge in [-0.3, -0.25) is 9.58 Å². The molecule has 0 spiro atoms. The van der Waals surface area contributed by atoms with E-state index in [-0.39, 0.29) is 11.5 Å². The molecule has 2 aromatic heterocycles. The molecule has 0 atom stereocenters. The summed E-state index contributed by atoms with van der Waals surface area (Å²) in [6.45, 7) is 14.0. The molecular weight excluding hydrogens is 766 g/mol. The molecule has 6 aromatic rings. The second-order valence-electron chi connectivity index (χ2n) is 16.3. The predicted molar refractivity (Wildman–Crippen MR) is 236 cm³/mol. The summed E-state index contributed by atoms with van der Waals surface area (Å²) in [7, 11) is 3.78. The average molecular weight is 820 g/mol. The number of piperazine rings is 1. The Hall–Kier alpha value is -5.56. The van der Waals surface area contributed by atoms with Gasteiger partial charge in [-0.15, -0.1) is 0 Å². The number of carboxylic acid groups (broad SMARTS) is 1. The van der Waals surface area contributed by atoms with Crippen molar-refractivity contribution >= 4 is 56.6 Å². The second-order valence-corrected chi connectivity index (χ2v) is 16.7. The van der Waals surface area contributed by atoms with Gasteiger partial charge in [0.2, 0.25) is 0 Å². The number of rotatable bonds is 13. The van der Waals surface area contributed by atoms with Gasteiger partial charge in [0.25, 0.3) is 0 Å². The quantitative estimate of drug-likeness (QED) is 0.0666. The van der Waals surface area contributed by atoms with E-state index in [0.717, 1.165) is 55.5 Å². The van der Waals surface area contributed by atoms with E-state index in [2.05, 4.69) is 32.7 Å². The van der Waals surface area contributed by atoms with Crippen LogP contribution in [0.4, 0.5) is 11.4 Å². The number of anilines is 2. The first kappa shape index (κ1) is 41.6. The van der Waals surface area contributed by atoms with Crippen molar-refractivity contribution in [1.82, 2.24) is 24.3 Å². The summed E-state index contributed by atoms with van der Waals surface area (Å²) < 4.78 is 16.6. The molecule has 59 heavy (non-hydrogen) atoms. The molecule has 1 aliphatic rings. The van der Waals surface area contributed by atoms with Crippen LogP contribution in [0.15, 0.2) is 72.8 Å². The van der Waals surface area contributed by atoms with E-state index in [0.29, 0.717) is 80.8 Å². The fourth-order valence-electron chi connectivity index (χ4n) is 8.39. The van der Waals surface area contributed by atoms with Crippen molar-refractivity contribution in [3.05, 3.63) is 106 Å². The lowest BCUT2D eigenvalue weighted by molar-refractivity contribution is 0.00557. The lowest BCUT2D eigenvalue weighted by Crippen LogP contribution is -2.53. The van der Waals surface area contributed by atoms with E-state index in [1.165, 1.54) is 0 Å². The molecule has 1 saturated heterocycles. The number of nitrogens with two attached hydrogens (primary N) is 1. The Labute approximate surface area is 350 Å². The highest BCUT2D eigenvalue weighted by molar-refractivity contribution is 6.35. The van der Waals surface area contributed by atoms with Crippen LogP contribution in [0.5, 0.6) is 5.75 Å². The smallest absolute Gasteiger partial charge is 0.355 e. The van der Waals surface area contributed by atoms with Gasteiger partial charge in [-0.25, -0.2) is 14.6 Å². The van der Waals surface area contributed by atoms with Crippen molar-refractivity contribution in [1.29, 1.82) is 0 Å². The van der Waals surface area contributed by atoms with E-state index in [9.17, 15) is 14.7 Å². The topological polar surface area (TPSA) is 131 Å². The number of para-hydroxylation sites is 1. The third-order valence-corrected chi connectivity index (χ3v) is 11.6. The molecule has 0 aliphatic carbocycles. The molecule has 0 amide bonds. The Bertz CT molecular complexity index is 2520. The van der Waals surface area contributed by atoms with Crippen molar-refractivity contribution in [2.45, 2.75) is 59.6 Å². The first-order valence-electron chi connectivity index (χ1n) is 20.2. The molecule has 4 aromatic carbocycles. The van der Waals surface area contributed by atoms with Gasteiger partial charge in [-0.2, -0.15) is 5.10 Å². The molecule has 1 aliphatic heterocycles. The van der Waals surface area contributed by atoms with Crippen LogP contribution >= 0.6 is 11.6 Å². The van der Waals surface area contributed by atoms with E-state index in [1.807, 2.05) is 94.8 Å². The maximum absolute atomic E-state index is 14.5. The third kappa shape index (κ3) is 8.48. The zero-order chi connectivity index (χ0) is 42.2. The van der Waals surface area contributed by atoms with Gasteiger partial charge >= 0.3 is 11.9 Å². The summed E-state index contributed by atoms with van der Waals surface area (Å²) in [6.07, 6.45) is 1.23. The number of carbonyl (C=O) groups excluding carboxylic acids is 1. The number of benzene rings is 4. The van der Waals surface area contributed by atoms with Crippen LogP contribution in [0.25, 0.3) is 32.8 Å². The number of hydrogen-bond acceptors (Lipinski definition) is 9. The molecule has 0 bridgehead atoms. The Kier molecular flexibility index (Phi) is 12.0. The fraction of sp³-hybridized carbons (Fsp3) is 0.370. The van der Waals surface area contributed by atoms with Gasteiger partial charge in [0, 0.05) is 81.0 Å². The molecule has 1 fully saturated rings. The first-order valence-corrected chi connectivity index (χ1v) is 20.5. The fourth-order valence-corrected chi connectivity index (χ4v) is 8.64. The third-order valence-electron chi connectivity index (χ3n) is 11.2.